The van der Waals surface area contributed by atoms with Gasteiger partial charge in [-0.05, 0) is 31.4 Å². The summed E-state index contributed by atoms with van der Waals surface area (Å²) >= 11 is 0. The Kier molecular flexibility index (Phi) is 6.25. The fourth-order valence-corrected chi connectivity index (χ4v) is 3.03. The van der Waals surface area contributed by atoms with Gasteiger partial charge in [-0.3, -0.25) is 4.18 Å². The molecule has 0 saturated carbocycles. The molecule has 0 radical (unpaired) electrons. The Hall–Kier alpha value is -1.13. The van der Waals surface area contributed by atoms with Crippen molar-refractivity contribution < 1.29 is 12.6 Å². The Morgan fingerprint density at radius 3 is 2.68 bits per heavy atom. The number of benzene rings is 1. The van der Waals surface area contributed by atoms with Crippen LogP contribution in [0.25, 0.3) is 0 Å². The van der Waals surface area contributed by atoms with Crippen molar-refractivity contribution >= 4 is 10.1 Å². The average molecular weight is 282 g/mol. The molecule has 0 aromatic heterocycles. The summed E-state index contributed by atoms with van der Waals surface area (Å²) < 4.78 is 29.1. The largest absolute Gasteiger partial charge is 0.297 e. The lowest BCUT2D eigenvalue weighted by molar-refractivity contribution is 0.357. The highest BCUT2D eigenvalue weighted by Crippen LogP contribution is 2.21. The normalized spacial score (nSPS) is 11.5. The SMILES string of the molecule is C=CCOS(=O)(=O)c1ccc(C)cc1CCCCC. The fourth-order valence-electron chi connectivity index (χ4n) is 1.91. The van der Waals surface area contributed by atoms with Crippen LogP contribution in [-0.4, -0.2) is 15.0 Å². The summed E-state index contributed by atoms with van der Waals surface area (Å²) in [5.74, 6) is 0. The lowest BCUT2D eigenvalue weighted by Gasteiger charge is -2.11. The third-order valence-corrected chi connectivity index (χ3v) is 4.26. The topological polar surface area (TPSA) is 43.4 Å². The van der Waals surface area contributed by atoms with E-state index in [9.17, 15) is 8.42 Å². The second-order valence-electron chi connectivity index (χ2n) is 4.60. The van der Waals surface area contributed by atoms with Crippen LogP contribution in [0.2, 0.25) is 0 Å². The first kappa shape index (κ1) is 15.9. The number of aryl methyl sites for hydroxylation is 2. The Morgan fingerprint density at radius 2 is 2.05 bits per heavy atom. The zero-order valence-corrected chi connectivity index (χ0v) is 12.5. The van der Waals surface area contributed by atoms with Crippen molar-refractivity contribution in [2.24, 2.45) is 0 Å². The number of unbranched alkanes of at least 4 members (excludes halogenated alkanes) is 2. The Bertz CT molecular complexity index is 518. The standard InChI is InChI=1S/C15H22O3S/c1-4-6-7-8-14-12-13(3)9-10-15(14)19(16,17)18-11-5-2/h5,9-10,12H,2,4,6-8,11H2,1,3H3. The van der Waals surface area contributed by atoms with Gasteiger partial charge in [0.2, 0.25) is 0 Å². The van der Waals surface area contributed by atoms with Crippen LogP contribution in [0.3, 0.4) is 0 Å². The molecule has 0 aliphatic rings. The minimum absolute atomic E-state index is 0.00457. The number of hydrogen-bond donors (Lipinski definition) is 0. The highest BCUT2D eigenvalue weighted by molar-refractivity contribution is 7.86. The van der Waals surface area contributed by atoms with Crippen LogP contribution in [0.1, 0.15) is 37.3 Å². The third-order valence-electron chi connectivity index (χ3n) is 2.88. The summed E-state index contributed by atoms with van der Waals surface area (Å²) in [7, 11) is -3.68. The van der Waals surface area contributed by atoms with E-state index in [0.29, 0.717) is 0 Å². The quantitative estimate of drug-likeness (QED) is 0.415. The maximum Gasteiger partial charge on any atom is 0.297 e. The summed E-state index contributed by atoms with van der Waals surface area (Å²) in [5.41, 5.74) is 1.91. The van der Waals surface area contributed by atoms with Gasteiger partial charge in [0.15, 0.2) is 0 Å². The van der Waals surface area contributed by atoms with Gasteiger partial charge in [-0.2, -0.15) is 8.42 Å². The molecule has 0 unspecified atom stereocenters. The molecule has 0 fully saturated rings. The molecule has 0 saturated heterocycles. The molecule has 3 nitrogen and oxygen atoms in total. The molecule has 1 aromatic carbocycles. The summed E-state index contributed by atoms with van der Waals surface area (Å²) in [6.45, 7) is 7.56. The summed E-state index contributed by atoms with van der Waals surface area (Å²) in [6.07, 6.45) is 5.40. The molecular formula is C15H22O3S. The van der Waals surface area contributed by atoms with E-state index in [-0.39, 0.29) is 11.5 Å². The summed E-state index contributed by atoms with van der Waals surface area (Å²) in [5, 5.41) is 0. The second-order valence-corrected chi connectivity index (χ2v) is 6.18. The average Bonchev–Trinajstić information content (AvgIpc) is 2.36. The van der Waals surface area contributed by atoms with Crippen LogP contribution >= 0.6 is 0 Å². The molecule has 0 atom stereocenters. The lowest BCUT2D eigenvalue weighted by Crippen LogP contribution is -2.09. The molecule has 4 heteroatoms. The van der Waals surface area contributed by atoms with Crippen LogP contribution < -0.4 is 0 Å². The van der Waals surface area contributed by atoms with Gasteiger partial charge in [0.25, 0.3) is 10.1 Å². The lowest BCUT2D eigenvalue weighted by atomic mass is 10.1. The van der Waals surface area contributed by atoms with E-state index in [4.69, 9.17) is 4.18 Å². The minimum Gasteiger partial charge on any atom is -0.262 e. The van der Waals surface area contributed by atoms with Crippen LogP contribution in [0, 0.1) is 6.92 Å². The second kappa shape index (κ2) is 7.46. The predicted molar refractivity (Wildman–Crippen MR) is 77.7 cm³/mol. The van der Waals surface area contributed by atoms with E-state index in [2.05, 4.69) is 13.5 Å². The van der Waals surface area contributed by atoms with Crippen LogP contribution in [0.5, 0.6) is 0 Å². The van der Waals surface area contributed by atoms with Gasteiger partial charge < -0.3 is 0 Å². The third kappa shape index (κ3) is 4.80. The smallest absolute Gasteiger partial charge is 0.262 e. The van der Waals surface area contributed by atoms with Crippen molar-refractivity contribution in [2.45, 2.75) is 44.4 Å². The molecule has 0 heterocycles. The van der Waals surface area contributed by atoms with E-state index in [0.717, 1.165) is 36.8 Å². The van der Waals surface area contributed by atoms with E-state index in [1.807, 2.05) is 13.0 Å². The van der Waals surface area contributed by atoms with Gasteiger partial charge in [-0.1, -0.05) is 43.5 Å². The molecule has 0 bridgehead atoms. The highest BCUT2D eigenvalue weighted by Gasteiger charge is 2.18. The molecule has 0 N–H and O–H groups in total. The van der Waals surface area contributed by atoms with Crippen molar-refractivity contribution in [3.05, 3.63) is 42.0 Å². The first-order valence-electron chi connectivity index (χ1n) is 6.61. The van der Waals surface area contributed by atoms with Crippen LogP contribution in [0.15, 0.2) is 35.7 Å². The molecule has 0 amide bonds. The molecule has 19 heavy (non-hydrogen) atoms. The zero-order chi connectivity index (χ0) is 14.3. The van der Waals surface area contributed by atoms with E-state index in [1.165, 1.54) is 6.08 Å². The first-order chi connectivity index (χ1) is 9.01. The molecule has 1 rings (SSSR count). The Morgan fingerprint density at radius 1 is 1.32 bits per heavy atom. The van der Waals surface area contributed by atoms with Crippen molar-refractivity contribution in [1.29, 1.82) is 0 Å². The van der Waals surface area contributed by atoms with Crippen molar-refractivity contribution in [3.8, 4) is 0 Å². The maximum absolute atomic E-state index is 12.1. The van der Waals surface area contributed by atoms with Gasteiger partial charge in [-0.15, -0.1) is 6.58 Å². The molecule has 0 spiro atoms. The van der Waals surface area contributed by atoms with E-state index >= 15 is 0 Å². The van der Waals surface area contributed by atoms with E-state index < -0.39 is 10.1 Å². The number of hydrogen-bond acceptors (Lipinski definition) is 3. The molecule has 0 aliphatic carbocycles. The van der Waals surface area contributed by atoms with Crippen molar-refractivity contribution in [2.75, 3.05) is 6.61 Å². The molecule has 106 valence electrons. The molecule has 1 aromatic rings. The van der Waals surface area contributed by atoms with Gasteiger partial charge >= 0.3 is 0 Å². The zero-order valence-electron chi connectivity index (χ0n) is 11.7. The number of rotatable bonds is 8. The Balaban J connectivity index is 3.01. The minimum atomic E-state index is -3.68. The van der Waals surface area contributed by atoms with Crippen molar-refractivity contribution in [1.82, 2.24) is 0 Å². The van der Waals surface area contributed by atoms with Gasteiger partial charge in [0.1, 0.15) is 0 Å². The fraction of sp³-hybridized carbons (Fsp3) is 0.467. The van der Waals surface area contributed by atoms with E-state index in [1.54, 1.807) is 12.1 Å². The van der Waals surface area contributed by atoms with Gasteiger partial charge in [0, 0.05) is 0 Å². The van der Waals surface area contributed by atoms with Crippen LogP contribution in [0.4, 0.5) is 0 Å². The maximum atomic E-state index is 12.1. The first-order valence-corrected chi connectivity index (χ1v) is 8.02. The van der Waals surface area contributed by atoms with Crippen LogP contribution in [-0.2, 0) is 20.7 Å². The van der Waals surface area contributed by atoms with Gasteiger partial charge in [-0.25, -0.2) is 0 Å². The predicted octanol–water partition coefficient (Wildman–Crippen LogP) is 3.62. The molecule has 0 aliphatic heterocycles. The summed E-state index contributed by atoms with van der Waals surface area (Å²) in [4.78, 5) is 0.288. The summed E-state index contributed by atoms with van der Waals surface area (Å²) in [6, 6.07) is 5.36. The monoisotopic (exact) mass is 282 g/mol. The van der Waals surface area contributed by atoms with Gasteiger partial charge in [0.05, 0.1) is 11.5 Å². The van der Waals surface area contributed by atoms with Crippen molar-refractivity contribution in [3.63, 3.8) is 0 Å². The highest BCUT2D eigenvalue weighted by atomic mass is 32.2. The molecular weight excluding hydrogens is 260 g/mol. The Labute approximate surface area is 116 Å².